The highest BCUT2D eigenvalue weighted by Crippen LogP contribution is 2.72. The zero-order chi connectivity index (χ0) is 33.4. The Morgan fingerprint density at radius 3 is 2.28 bits per heavy atom. The molecular weight excluding hydrogens is 607 g/mol. The second kappa shape index (κ2) is 11.9. The first kappa shape index (κ1) is 33.7. The minimum absolute atomic E-state index is 0.0461. The van der Waals surface area contributed by atoms with Crippen molar-refractivity contribution >= 4 is 21.6 Å². The van der Waals surface area contributed by atoms with Crippen LogP contribution in [0.2, 0.25) is 0 Å². The van der Waals surface area contributed by atoms with Gasteiger partial charge in [-0.3, -0.25) is 4.90 Å². The van der Waals surface area contributed by atoms with E-state index >= 15 is 0 Å². The minimum Gasteiger partial charge on any atom is -0.478 e. The summed E-state index contributed by atoms with van der Waals surface area (Å²) in [6.07, 6.45) is 17.1. The van der Waals surface area contributed by atoms with Crippen LogP contribution in [0.15, 0.2) is 30.3 Å². The van der Waals surface area contributed by atoms with Crippen LogP contribution in [0.25, 0.3) is 5.57 Å². The average Bonchev–Trinajstić information content (AvgIpc) is 3.45. The monoisotopic (exact) mass is 665 g/mol. The fourth-order valence-corrected chi connectivity index (χ4v) is 14.0. The van der Waals surface area contributed by atoms with Gasteiger partial charge in [-0.05, 0) is 127 Å². The topological polar surface area (TPSA) is 89.9 Å². The molecule has 8 atom stereocenters. The van der Waals surface area contributed by atoms with E-state index in [0.717, 1.165) is 56.3 Å². The lowest BCUT2D eigenvalue weighted by atomic mass is 9.37. The lowest BCUT2D eigenvalue weighted by Gasteiger charge is -2.68. The molecule has 0 amide bonds. The van der Waals surface area contributed by atoms with Gasteiger partial charge in [0.2, 0.25) is 10.0 Å². The van der Waals surface area contributed by atoms with Gasteiger partial charge in [0.1, 0.15) is 0 Å². The molecule has 0 bridgehead atoms. The molecule has 260 valence electrons. The number of sulfonamides is 1. The molecule has 7 nitrogen and oxygen atoms in total. The van der Waals surface area contributed by atoms with E-state index in [1.807, 2.05) is 12.1 Å². The zero-order valence-electron chi connectivity index (χ0n) is 29.6. The molecule has 0 aromatic heterocycles. The fraction of sp³-hybridized carbons (Fsp3) is 0.769. The van der Waals surface area contributed by atoms with Crippen LogP contribution >= 0.6 is 0 Å². The normalized spacial score (nSPS) is 40.4. The van der Waals surface area contributed by atoms with Crippen LogP contribution in [0.5, 0.6) is 0 Å². The van der Waals surface area contributed by atoms with Gasteiger partial charge in [0.05, 0.1) is 11.8 Å². The minimum atomic E-state index is -3.09. The molecule has 1 heterocycles. The van der Waals surface area contributed by atoms with Gasteiger partial charge in [0.15, 0.2) is 0 Å². The summed E-state index contributed by atoms with van der Waals surface area (Å²) >= 11 is 0. The first-order valence-corrected chi connectivity index (χ1v) is 20.5. The van der Waals surface area contributed by atoms with Crippen molar-refractivity contribution in [2.24, 2.45) is 45.8 Å². The maximum atomic E-state index is 11.9. The summed E-state index contributed by atoms with van der Waals surface area (Å²) in [5, 5.41) is 13.6. The molecule has 2 N–H and O–H groups in total. The molecule has 6 aliphatic rings. The molecule has 0 radical (unpaired) electrons. The second-order valence-electron chi connectivity index (χ2n) is 17.6. The van der Waals surface area contributed by atoms with Gasteiger partial charge in [-0.25, -0.2) is 13.2 Å². The largest absolute Gasteiger partial charge is 0.478 e. The number of hydrogen-bond donors (Lipinski definition) is 2. The number of piperazine rings is 1. The van der Waals surface area contributed by atoms with Crippen LogP contribution in [0.4, 0.5) is 0 Å². The van der Waals surface area contributed by atoms with Gasteiger partial charge >= 0.3 is 5.97 Å². The van der Waals surface area contributed by atoms with Gasteiger partial charge in [-0.15, -0.1) is 0 Å². The molecule has 1 aromatic carbocycles. The van der Waals surface area contributed by atoms with Gasteiger partial charge in [0, 0.05) is 44.8 Å². The highest BCUT2D eigenvalue weighted by Gasteiger charge is 2.65. The molecule has 0 spiro atoms. The van der Waals surface area contributed by atoms with Crippen molar-refractivity contribution in [1.29, 1.82) is 0 Å². The van der Waals surface area contributed by atoms with E-state index in [0.29, 0.717) is 35.5 Å². The van der Waals surface area contributed by atoms with Crippen molar-refractivity contribution in [2.45, 2.75) is 97.4 Å². The summed E-state index contributed by atoms with van der Waals surface area (Å²) in [6, 6.07) is 7.59. The Bertz CT molecular complexity index is 1500. The summed E-state index contributed by atoms with van der Waals surface area (Å²) in [5.74, 6) is 2.94. The predicted molar refractivity (Wildman–Crippen MR) is 189 cm³/mol. The molecule has 1 aliphatic heterocycles. The standard InChI is InChI=1S/C39H59N3O4S/c1-36(2)30(27-8-10-28(11-9-27)35(43)44)14-18-38(4)33(36)16-19-37(3)31-15-20-39(17-6-7-32(39)29(31)12-13-34(37)38)40-21-22-41-23-25-42(26-24-41)47(5,45)46/h8-11,14,29,31-34,40H,6-7,12-13,15-26H2,1-5H3,(H,43,44)/t29-,31?,32?,33?,34?,37-,38-,39-/m0/s1. The van der Waals surface area contributed by atoms with Crippen molar-refractivity contribution in [2.75, 3.05) is 45.5 Å². The van der Waals surface area contributed by atoms with E-state index in [1.54, 1.807) is 16.4 Å². The Balaban J connectivity index is 1.04. The Morgan fingerprint density at radius 1 is 0.872 bits per heavy atom. The Hall–Kier alpha value is -1.74. The number of carboxylic acid groups (broad SMARTS) is 1. The number of carbonyl (C=O) groups is 1. The molecule has 5 fully saturated rings. The molecule has 1 aromatic rings. The third-order valence-electron chi connectivity index (χ3n) is 15.2. The summed E-state index contributed by atoms with van der Waals surface area (Å²) in [4.78, 5) is 13.9. The lowest BCUT2D eigenvalue weighted by Crippen LogP contribution is -2.64. The van der Waals surface area contributed by atoms with Crippen molar-refractivity contribution in [3.05, 3.63) is 41.5 Å². The van der Waals surface area contributed by atoms with Gasteiger partial charge in [-0.1, -0.05) is 52.3 Å². The van der Waals surface area contributed by atoms with Crippen LogP contribution < -0.4 is 5.32 Å². The quantitative estimate of drug-likeness (QED) is 0.335. The van der Waals surface area contributed by atoms with Gasteiger partial charge in [-0.2, -0.15) is 4.31 Å². The number of carboxylic acids is 1. The summed E-state index contributed by atoms with van der Waals surface area (Å²) in [6.45, 7) is 15.2. The van der Waals surface area contributed by atoms with Crippen LogP contribution in [0.1, 0.15) is 108 Å². The molecule has 1 saturated heterocycles. The van der Waals surface area contributed by atoms with E-state index in [2.05, 4.69) is 44.0 Å². The third-order valence-corrected chi connectivity index (χ3v) is 16.5. The van der Waals surface area contributed by atoms with Crippen LogP contribution in [-0.4, -0.2) is 79.8 Å². The maximum absolute atomic E-state index is 11.9. The van der Waals surface area contributed by atoms with Crippen LogP contribution in [0.3, 0.4) is 0 Å². The van der Waals surface area contributed by atoms with Crippen molar-refractivity contribution < 1.29 is 18.3 Å². The molecule has 47 heavy (non-hydrogen) atoms. The fourth-order valence-electron chi connectivity index (χ4n) is 13.2. The van der Waals surface area contributed by atoms with Gasteiger partial charge < -0.3 is 10.4 Å². The molecule has 7 rings (SSSR count). The number of benzene rings is 1. The number of hydrogen-bond acceptors (Lipinski definition) is 5. The van der Waals surface area contributed by atoms with Crippen molar-refractivity contribution in [3.8, 4) is 0 Å². The molecule has 8 heteroatoms. The predicted octanol–water partition coefficient (Wildman–Crippen LogP) is 6.76. The number of allylic oxidation sites excluding steroid dienone is 2. The van der Waals surface area contributed by atoms with Crippen molar-refractivity contribution in [3.63, 3.8) is 0 Å². The van der Waals surface area contributed by atoms with Crippen molar-refractivity contribution in [1.82, 2.24) is 14.5 Å². The summed E-state index contributed by atoms with van der Waals surface area (Å²) < 4.78 is 25.5. The third kappa shape index (κ3) is 5.56. The number of aromatic carboxylic acids is 1. The Labute approximate surface area is 284 Å². The van der Waals surface area contributed by atoms with E-state index in [1.165, 1.54) is 75.2 Å². The van der Waals surface area contributed by atoms with E-state index in [9.17, 15) is 18.3 Å². The smallest absolute Gasteiger partial charge is 0.335 e. The Morgan fingerprint density at radius 2 is 1.60 bits per heavy atom. The SMILES string of the molecule is CC1(C)C(c2ccc(C(=O)O)cc2)=CC[C@@]2(C)C1CC[C@@]1(C)C3CC[C@@]4(NCCN5CCN(S(C)(=O)=O)CC5)CCCC4[C@H]3CCC12. The highest BCUT2D eigenvalue weighted by molar-refractivity contribution is 7.88. The zero-order valence-corrected chi connectivity index (χ0v) is 30.4. The van der Waals surface area contributed by atoms with E-state index in [-0.39, 0.29) is 10.8 Å². The number of rotatable bonds is 7. The Kier molecular flexibility index (Phi) is 8.58. The first-order chi connectivity index (χ1) is 22.2. The number of fused-ring (bicyclic) bond motifs is 7. The molecule has 4 unspecified atom stereocenters. The molecule has 5 aliphatic carbocycles. The number of nitrogens with zero attached hydrogens (tertiary/aromatic N) is 2. The van der Waals surface area contributed by atoms with E-state index in [4.69, 9.17) is 0 Å². The number of nitrogens with one attached hydrogen (secondary N) is 1. The lowest BCUT2D eigenvalue weighted by molar-refractivity contribution is -0.172. The average molecular weight is 666 g/mol. The van der Waals surface area contributed by atoms with Crippen LogP contribution in [-0.2, 0) is 10.0 Å². The van der Waals surface area contributed by atoms with Crippen LogP contribution in [0, 0.1) is 45.8 Å². The summed E-state index contributed by atoms with van der Waals surface area (Å²) in [7, 11) is -3.09. The van der Waals surface area contributed by atoms with Gasteiger partial charge in [0.25, 0.3) is 0 Å². The molecule has 4 saturated carbocycles. The summed E-state index contributed by atoms with van der Waals surface area (Å²) in [5.41, 5.74) is 3.98. The highest BCUT2D eigenvalue weighted by atomic mass is 32.2. The maximum Gasteiger partial charge on any atom is 0.335 e. The van der Waals surface area contributed by atoms with E-state index < -0.39 is 16.0 Å². The first-order valence-electron chi connectivity index (χ1n) is 18.7. The second-order valence-corrected chi connectivity index (χ2v) is 19.5. The molecular formula is C39H59N3O4S.